The van der Waals surface area contributed by atoms with Crippen LogP contribution in [0.4, 0.5) is 0 Å². The number of fused-ring (bicyclic) bond motifs is 2. The second-order valence-electron chi connectivity index (χ2n) is 21.7. The van der Waals surface area contributed by atoms with Crippen molar-refractivity contribution in [2.24, 2.45) is 29.1 Å². The van der Waals surface area contributed by atoms with Gasteiger partial charge >= 0.3 is 0 Å². The molecular weight excluding hydrogens is 1060 g/mol. The molecule has 3 N–H and O–H groups in total. The van der Waals surface area contributed by atoms with E-state index < -0.39 is 49.4 Å². The van der Waals surface area contributed by atoms with Gasteiger partial charge in [-0.15, -0.1) is 22.7 Å². The number of carbonyl (C=O) groups excluding carboxylic acids is 5. The lowest BCUT2D eigenvalue weighted by Crippen LogP contribution is -2.56. The molecule has 6 unspecified atom stereocenters. The minimum atomic E-state index is -3.97. The molecule has 0 aromatic carbocycles. The van der Waals surface area contributed by atoms with Gasteiger partial charge in [0.1, 0.15) is 12.1 Å². The Bertz CT molecular complexity index is 2750. The number of sulfonamides is 2. The number of likely N-dealkylation sites (tertiary alicyclic amines) is 6. The fraction of sp³-hybridized carbons (Fsp3) is 0.653. The van der Waals surface area contributed by atoms with Gasteiger partial charge in [0.25, 0.3) is 0 Å². The van der Waals surface area contributed by atoms with Crippen LogP contribution in [0.5, 0.6) is 0 Å². The Labute approximate surface area is 445 Å². The van der Waals surface area contributed by atoms with Crippen LogP contribution in [0.25, 0.3) is 12.2 Å². The Balaban J connectivity index is 0.731. The predicted octanol–water partition coefficient (Wildman–Crippen LogP) is 3.57. The second kappa shape index (κ2) is 21.5. The summed E-state index contributed by atoms with van der Waals surface area (Å²) in [7, 11) is -7.91. The summed E-state index contributed by atoms with van der Waals surface area (Å²) < 4.78 is 57.9. The van der Waals surface area contributed by atoms with Crippen LogP contribution in [0.2, 0.25) is 8.67 Å². The Kier molecular flexibility index (Phi) is 15.6. The minimum absolute atomic E-state index is 0.0182. The van der Waals surface area contributed by atoms with E-state index >= 15 is 0 Å². The molecule has 2 aromatic rings. The summed E-state index contributed by atoms with van der Waals surface area (Å²) in [5, 5.41) is 5.44. The molecule has 6 aliphatic heterocycles. The van der Waals surface area contributed by atoms with Crippen LogP contribution in [0.15, 0.2) is 35.1 Å². The van der Waals surface area contributed by atoms with E-state index in [0.29, 0.717) is 108 Å². The van der Waals surface area contributed by atoms with Crippen molar-refractivity contribution in [1.82, 2.24) is 44.2 Å². The van der Waals surface area contributed by atoms with Crippen molar-refractivity contribution >= 4 is 108 Å². The van der Waals surface area contributed by atoms with Crippen molar-refractivity contribution in [3.8, 4) is 0 Å². The van der Waals surface area contributed by atoms with E-state index in [2.05, 4.69) is 31.5 Å². The Morgan fingerprint density at radius 2 is 1.26 bits per heavy atom. The van der Waals surface area contributed by atoms with E-state index in [1.54, 1.807) is 24.3 Å². The molecule has 5 amide bonds. The molecule has 0 spiro atoms. The number of thiophene rings is 2. The summed E-state index contributed by atoms with van der Waals surface area (Å²) in [6, 6.07) is 4.49. The Morgan fingerprint density at radius 3 is 1.82 bits per heavy atom. The third kappa shape index (κ3) is 12.2. The fourth-order valence-corrected chi connectivity index (χ4v) is 16.5. The highest BCUT2D eigenvalue weighted by Crippen LogP contribution is 2.61. The zero-order chi connectivity index (χ0) is 51.4. The van der Waals surface area contributed by atoms with Crippen LogP contribution >= 0.6 is 45.9 Å². The van der Waals surface area contributed by atoms with Gasteiger partial charge in [0.15, 0.2) is 0 Å². The van der Waals surface area contributed by atoms with Gasteiger partial charge < -0.3 is 29.8 Å². The molecule has 10 rings (SSSR count). The molecule has 24 heteroatoms. The number of rotatable bonds is 18. The molecule has 398 valence electrons. The van der Waals surface area contributed by atoms with Gasteiger partial charge in [0.2, 0.25) is 49.6 Å². The van der Waals surface area contributed by atoms with Crippen molar-refractivity contribution < 1.29 is 40.8 Å². The van der Waals surface area contributed by atoms with Crippen molar-refractivity contribution in [3.05, 3.63) is 53.5 Å². The van der Waals surface area contributed by atoms with Gasteiger partial charge in [0.05, 0.1) is 27.2 Å². The molecule has 8 fully saturated rings. The standard InChI is InChI=1S/C49H65Cl2N9O9S4/c1-31-10-17-55(18-11-31)27-41-37-23-49(37,30-60(41)45(62)29-58-16-3-5-39(47(58)64)54-73(68,69)21-14-35-7-9-43(51)71-35)48(65)52-33-12-19-56(25-33)26-40-36-22-32(36)24-59(40)44(61)28-57-15-2-4-38(46(57)63)53-72(66,67)20-13-34-6-8-42(50)70-34/h6-9,13-14,20-21,31-33,36-41,53-54H,2-5,10-12,15-19,22-30H2,1H3,(H,52,65)/b20-13+,21-14+/t32?,33?,36-,37?,38+,39+,40?,41?,49?/m1/s1. The largest absolute Gasteiger partial charge is 0.351 e. The summed E-state index contributed by atoms with van der Waals surface area (Å²) in [5.74, 6) is 0.127. The fourth-order valence-electron chi connectivity index (χ4n) is 12.3. The maximum absolute atomic E-state index is 14.5. The third-order valence-electron chi connectivity index (χ3n) is 16.6. The van der Waals surface area contributed by atoms with Crippen LogP contribution in [-0.2, 0) is 44.0 Å². The monoisotopic (exact) mass is 1120 g/mol. The van der Waals surface area contributed by atoms with Crippen LogP contribution in [0.3, 0.4) is 0 Å². The first-order valence-corrected chi connectivity index (χ1v) is 31.1. The molecule has 8 aliphatic rings. The number of amides is 5. The molecule has 2 aromatic heterocycles. The van der Waals surface area contributed by atoms with E-state index in [1.165, 1.54) is 44.6 Å². The maximum Gasteiger partial charge on any atom is 0.242 e. The number of hydrogen-bond acceptors (Lipinski definition) is 13. The molecule has 73 heavy (non-hydrogen) atoms. The van der Waals surface area contributed by atoms with Gasteiger partial charge in [-0.05, 0) is 131 Å². The van der Waals surface area contributed by atoms with E-state index in [4.69, 9.17) is 23.2 Å². The van der Waals surface area contributed by atoms with Crippen molar-refractivity contribution in [1.29, 1.82) is 0 Å². The normalized spacial score (nSPS) is 31.3. The molecule has 2 aliphatic carbocycles. The summed E-state index contributed by atoms with van der Waals surface area (Å²) in [5.41, 5.74) is -0.726. The molecule has 18 nitrogen and oxygen atoms in total. The van der Waals surface area contributed by atoms with Crippen molar-refractivity contribution in [2.45, 2.75) is 94.9 Å². The number of piperidine rings is 5. The molecule has 2 saturated carbocycles. The second-order valence-corrected chi connectivity index (χ2v) is 28.3. The Hall–Kier alpha value is -3.45. The number of nitrogens with zero attached hydrogens (tertiary/aromatic N) is 6. The van der Waals surface area contributed by atoms with Gasteiger partial charge in [-0.25, -0.2) is 16.8 Å². The lowest BCUT2D eigenvalue weighted by Gasteiger charge is -2.37. The van der Waals surface area contributed by atoms with Gasteiger partial charge in [-0.2, -0.15) is 9.44 Å². The third-order valence-corrected chi connectivity index (χ3v) is 21.2. The Morgan fingerprint density at radius 1 is 0.712 bits per heavy atom. The molecule has 0 radical (unpaired) electrons. The lowest BCUT2D eigenvalue weighted by molar-refractivity contribution is -0.144. The lowest BCUT2D eigenvalue weighted by atomic mass is 9.98. The molecule has 9 atom stereocenters. The van der Waals surface area contributed by atoms with Crippen molar-refractivity contribution in [2.75, 3.05) is 78.5 Å². The average Bonchev–Trinajstić information content (AvgIpc) is 3.82. The van der Waals surface area contributed by atoms with Gasteiger partial charge in [-0.3, -0.25) is 28.9 Å². The summed E-state index contributed by atoms with van der Waals surface area (Å²) >= 11 is 14.5. The minimum Gasteiger partial charge on any atom is -0.351 e. The molecule has 0 bridgehead atoms. The summed E-state index contributed by atoms with van der Waals surface area (Å²) in [6.07, 6.45) is 9.21. The number of carbonyl (C=O) groups is 5. The zero-order valence-corrected chi connectivity index (χ0v) is 45.7. The van der Waals surface area contributed by atoms with Gasteiger partial charge in [0, 0.05) is 91.1 Å². The van der Waals surface area contributed by atoms with E-state index in [9.17, 15) is 40.8 Å². The first-order valence-electron chi connectivity index (χ1n) is 25.7. The van der Waals surface area contributed by atoms with Crippen LogP contribution in [0.1, 0.15) is 74.5 Å². The predicted molar refractivity (Wildman–Crippen MR) is 281 cm³/mol. The maximum atomic E-state index is 14.5. The highest BCUT2D eigenvalue weighted by Gasteiger charge is 2.70. The van der Waals surface area contributed by atoms with Gasteiger partial charge in [-0.1, -0.05) is 30.1 Å². The smallest absolute Gasteiger partial charge is 0.242 e. The van der Waals surface area contributed by atoms with Crippen LogP contribution < -0.4 is 14.8 Å². The highest BCUT2D eigenvalue weighted by atomic mass is 35.5. The zero-order valence-electron chi connectivity index (χ0n) is 40.9. The highest BCUT2D eigenvalue weighted by molar-refractivity contribution is 7.92. The molecule has 8 heterocycles. The van der Waals surface area contributed by atoms with E-state index in [0.717, 1.165) is 56.1 Å². The van der Waals surface area contributed by atoms with E-state index in [1.807, 2.05) is 9.80 Å². The first-order chi connectivity index (χ1) is 34.8. The average molecular weight is 1120 g/mol. The quantitative estimate of drug-likeness (QED) is 0.197. The summed E-state index contributed by atoms with van der Waals surface area (Å²) in [4.78, 5) is 82.9. The number of halogens is 2. The van der Waals surface area contributed by atoms with Crippen molar-refractivity contribution in [3.63, 3.8) is 0 Å². The van der Waals surface area contributed by atoms with Crippen LogP contribution in [0, 0.1) is 29.1 Å². The first kappa shape index (κ1) is 53.0. The topological polar surface area (TPSA) is 209 Å². The number of nitrogens with one attached hydrogen (secondary N) is 3. The van der Waals surface area contributed by atoms with E-state index in [-0.39, 0.29) is 61.4 Å². The molecule has 6 saturated heterocycles. The number of hydrogen-bond donors (Lipinski definition) is 3. The molecular formula is C49H65Cl2N9O9S4. The summed E-state index contributed by atoms with van der Waals surface area (Å²) in [6.45, 7) is 8.06. The SMILES string of the molecule is CC1CCN(CC2C3CC3(C(=O)NC3CCN(CC4[C@@H]5CC5CN4C(=O)CN4CCC[C@H](NS(=O)(=O)/C=C/c5ccc(Cl)s5)C4=O)C3)CN2C(=O)CN2CCC[C@H](NS(=O)(=O)/C=C/c3ccc(Cl)s3)C2=O)CC1. The van der Waals surface area contributed by atoms with Crippen LogP contribution in [-0.4, -0.2) is 185 Å².